The van der Waals surface area contributed by atoms with Crippen molar-refractivity contribution >= 4 is 17.6 Å². The number of anilines is 1. The second kappa shape index (κ2) is 10.8. The summed E-state index contributed by atoms with van der Waals surface area (Å²) in [6.07, 6.45) is 0.836. The fourth-order valence-electron chi connectivity index (χ4n) is 2.50. The van der Waals surface area contributed by atoms with Crippen molar-refractivity contribution in [3.63, 3.8) is 0 Å². The van der Waals surface area contributed by atoms with E-state index in [9.17, 15) is 9.59 Å². The lowest BCUT2D eigenvalue weighted by atomic mass is 10.1. The smallest absolute Gasteiger partial charge is 0.344 e. The van der Waals surface area contributed by atoms with Gasteiger partial charge in [-0.2, -0.15) is 0 Å². The molecule has 0 saturated heterocycles. The monoisotopic (exact) mass is 387 g/mol. The van der Waals surface area contributed by atoms with Gasteiger partial charge in [-0.05, 0) is 43.2 Å². The molecule has 0 heterocycles. The molecule has 0 unspecified atom stereocenters. The van der Waals surface area contributed by atoms with Crippen molar-refractivity contribution in [3.05, 3.63) is 48.0 Å². The molecule has 0 bridgehead atoms. The molecule has 0 aliphatic carbocycles. The first-order valence-corrected chi connectivity index (χ1v) is 8.94. The molecule has 0 aromatic heterocycles. The average molecular weight is 387 g/mol. The first-order chi connectivity index (χ1) is 13.5. The van der Waals surface area contributed by atoms with Crippen LogP contribution in [-0.2, 0) is 20.7 Å². The zero-order chi connectivity index (χ0) is 20.4. The van der Waals surface area contributed by atoms with Crippen LogP contribution in [0.25, 0.3) is 0 Å². The summed E-state index contributed by atoms with van der Waals surface area (Å²) in [4.78, 5) is 23.6. The van der Waals surface area contributed by atoms with Gasteiger partial charge in [-0.15, -0.1) is 0 Å². The average Bonchev–Trinajstić information content (AvgIpc) is 2.71. The fourth-order valence-corrected chi connectivity index (χ4v) is 2.50. The van der Waals surface area contributed by atoms with Crippen LogP contribution in [0.3, 0.4) is 0 Å². The van der Waals surface area contributed by atoms with E-state index in [1.54, 1.807) is 51.5 Å². The number of esters is 1. The minimum absolute atomic E-state index is 0.135. The number of rotatable bonds is 10. The molecule has 1 N–H and O–H groups in total. The van der Waals surface area contributed by atoms with Gasteiger partial charge in [-0.25, -0.2) is 4.79 Å². The number of benzene rings is 2. The van der Waals surface area contributed by atoms with E-state index in [0.717, 1.165) is 5.56 Å². The van der Waals surface area contributed by atoms with E-state index in [4.69, 9.17) is 18.9 Å². The van der Waals surface area contributed by atoms with Crippen LogP contribution in [0.15, 0.2) is 42.5 Å². The minimum atomic E-state index is -0.439. The Balaban J connectivity index is 1.89. The largest absolute Gasteiger partial charge is 0.497 e. The van der Waals surface area contributed by atoms with Crippen LogP contribution in [0, 0.1) is 0 Å². The number of aryl methyl sites for hydroxylation is 1. The highest BCUT2D eigenvalue weighted by Gasteiger charge is 2.08. The molecule has 0 aliphatic rings. The molecular formula is C21H25NO6. The van der Waals surface area contributed by atoms with Gasteiger partial charge in [0.2, 0.25) is 5.91 Å². The van der Waals surface area contributed by atoms with Crippen LogP contribution in [-0.4, -0.2) is 39.3 Å². The van der Waals surface area contributed by atoms with E-state index < -0.39 is 5.97 Å². The molecule has 7 nitrogen and oxygen atoms in total. The van der Waals surface area contributed by atoms with Crippen LogP contribution in [0.5, 0.6) is 17.2 Å². The molecule has 0 fully saturated rings. The van der Waals surface area contributed by atoms with Gasteiger partial charge in [0.25, 0.3) is 0 Å². The summed E-state index contributed by atoms with van der Waals surface area (Å²) < 4.78 is 20.7. The Morgan fingerprint density at radius 3 is 2.32 bits per heavy atom. The third-order valence-corrected chi connectivity index (χ3v) is 3.83. The van der Waals surface area contributed by atoms with Crippen LogP contribution in [0.4, 0.5) is 5.69 Å². The Morgan fingerprint density at radius 1 is 0.964 bits per heavy atom. The number of carbonyl (C=O) groups excluding carboxylic acids is 2. The highest BCUT2D eigenvalue weighted by Crippen LogP contribution is 2.23. The molecule has 0 spiro atoms. The number of nitrogens with one attached hydrogen (secondary N) is 1. The number of amides is 1. The van der Waals surface area contributed by atoms with Crippen molar-refractivity contribution in [1.29, 1.82) is 0 Å². The second-order valence-corrected chi connectivity index (χ2v) is 5.89. The summed E-state index contributed by atoms with van der Waals surface area (Å²) in [6.45, 7) is 1.86. The summed E-state index contributed by atoms with van der Waals surface area (Å²) >= 11 is 0. The first kappa shape index (κ1) is 21.1. The minimum Gasteiger partial charge on any atom is -0.497 e. The topological polar surface area (TPSA) is 83.1 Å². The second-order valence-electron chi connectivity index (χ2n) is 5.89. The first-order valence-electron chi connectivity index (χ1n) is 8.94. The highest BCUT2D eigenvalue weighted by atomic mass is 16.6. The van der Waals surface area contributed by atoms with E-state index in [0.29, 0.717) is 42.4 Å². The van der Waals surface area contributed by atoms with Gasteiger partial charge in [-0.3, -0.25) is 4.79 Å². The van der Waals surface area contributed by atoms with Gasteiger partial charge in [0, 0.05) is 24.2 Å². The summed E-state index contributed by atoms with van der Waals surface area (Å²) in [5, 5.41) is 2.82. The van der Waals surface area contributed by atoms with Crippen molar-refractivity contribution in [3.8, 4) is 17.2 Å². The van der Waals surface area contributed by atoms with Gasteiger partial charge in [0.05, 0.1) is 20.8 Å². The summed E-state index contributed by atoms with van der Waals surface area (Å²) in [5.74, 6) is 1.26. The summed E-state index contributed by atoms with van der Waals surface area (Å²) in [5.41, 5.74) is 1.53. The summed E-state index contributed by atoms with van der Waals surface area (Å²) in [6, 6.07) is 12.4. The van der Waals surface area contributed by atoms with Gasteiger partial charge >= 0.3 is 5.97 Å². The molecule has 0 radical (unpaired) electrons. The molecule has 28 heavy (non-hydrogen) atoms. The number of hydrogen-bond acceptors (Lipinski definition) is 6. The molecule has 2 aromatic rings. The van der Waals surface area contributed by atoms with Gasteiger partial charge < -0.3 is 24.3 Å². The summed E-state index contributed by atoms with van der Waals surface area (Å²) in [7, 11) is 3.17. The number of carbonyl (C=O) groups is 2. The standard InChI is InChI=1S/C21H25NO6/c1-4-27-21(24)14-28-17-7-5-6-16(12-17)22-20(23)9-8-15-10-18(25-2)13-19(11-15)26-3/h5-7,10-13H,4,8-9,14H2,1-3H3,(H,22,23). The van der Waals surface area contributed by atoms with Crippen molar-refractivity contribution in [2.24, 2.45) is 0 Å². The normalized spacial score (nSPS) is 10.1. The lowest BCUT2D eigenvalue weighted by molar-refractivity contribution is -0.145. The maximum absolute atomic E-state index is 12.3. The Labute approximate surface area is 164 Å². The van der Waals surface area contributed by atoms with Crippen molar-refractivity contribution in [1.82, 2.24) is 0 Å². The predicted molar refractivity (Wildman–Crippen MR) is 105 cm³/mol. The number of methoxy groups -OCH3 is 2. The zero-order valence-electron chi connectivity index (χ0n) is 16.3. The molecule has 2 rings (SSSR count). The van der Waals surface area contributed by atoms with Crippen LogP contribution < -0.4 is 19.5 Å². The highest BCUT2D eigenvalue weighted by molar-refractivity contribution is 5.91. The van der Waals surface area contributed by atoms with Crippen molar-refractivity contribution in [2.75, 3.05) is 32.8 Å². The SMILES string of the molecule is CCOC(=O)COc1cccc(NC(=O)CCc2cc(OC)cc(OC)c2)c1. The third kappa shape index (κ3) is 6.83. The lowest BCUT2D eigenvalue weighted by Crippen LogP contribution is -2.15. The van der Waals surface area contributed by atoms with E-state index in [2.05, 4.69) is 5.32 Å². The molecular weight excluding hydrogens is 362 g/mol. The molecule has 0 atom stereocenters. The Hall–Kier alpha value is -3.22. The Bertz CT molecular complexity index is 783. The lowest BCUT2D eigenvalue weighted by Gasteiger charge is -2.10. The van der Waals surface area contributed by atoms with Gasteiger partial charge in [0.15, 0.2) is 6.61 Å². The van der Waals surface area contributed by atoms with Crippen molar-refractivity contribution in [2.45, 2.75) is 19.8 Å². The predicted octanol–water partition coefficient (Wildman–Crippen LogP) is 3.22. The zero-order valence-corrected chi connectivity index (χ0v) is 16.3. The number of ether oxygens (including phenoxy) is 4. The molecule has 150 valence electrons. The van der Waals surface area contributed by atoms with Gasteiger partial charge in [-0.1, -0.05) is 6.07 Å². The van der Waals surface area contributed by atoms with Crippen LogP contribution in [0.2, 0.25) is 0 Å². The molecule has 7 heteroatoms. The van der Waals surface area contributed by atoms with E-state index in [-0.39, 0.29) is 12.5 Å². The van der Waals surface area contributed by atoms with E-state index >= 15 is 0 Å². The maximum atomic E-state index is 12.3. The third-order valence-electron chi connectivity index (χ3n) is 3.83. The molecule has 2 aromatic carbocycles. The van der Waals surface area contributed by atoms with E-state index in [1.807, 2.05) is 12.1 Å². The molecule has 0 saturated carbocycles. The van der Waals surface area contributed by atoms with Crippen molar-refractivity contribution < 1.29 is 28.5 Å². The molecule has 0 aliphatic heterocycles. The maximum Gasteiger partial charge on any atom is 0.344 e. The quantitative estimate of drug-likeness (QED) is 0.631. The Kier molecular flexibility index (Phi) is 8.14. The van der Waals surface area contributed by atoms with Gasteiger partial charge in [0.1, 0.15) is 17.2 Å². The molecule has 1 amide bonds. The van der Waals surface area contributed by atoms with E-state index in [1.165, 1.54) is 0 Å². The number of hydrogen-bond donors (Lipinski definition) is 1. The fraction of sp³-hybridized carbons (Fsp3) is 0.333. The van der Waals surface area contributed by atoms with Crippen LogP contribution >= 0.6 is 0 Å². The Morgan fingerprint density at radius 2 is 1.68 bits per heavy atom. The van der Waals surface area contributed by atoms with Crippen LogP contribution in [0.1, 0.15) is 18.9 Å².